The Morgan fingerprint density at radius 2 is 2.12 bits per heavy atom. The molecule has 1 saturated heterocycles. The number of hydrogen-bond acceptors (Lipinski definition) is 6. The highest BCUT2D eigenvalue weighted by Gasteiger charge is 2.27. The average Bonchev–Trinajstić information content (AvgIpc) is 3.35. The van der Waals surface area contributed by atoms with Crippen molar-refractivity contribution < 1.29 is 14.3 Å². The van der Waals surface area contributed by atoms with Gasteiger partial charge in [-0.2, -0.15) is 0 Å². The summed E-state index contributed by atoms with van der Waals surface area (Å²) in [6, 6.07) is 6.09. The molecular formula is C19H23N3O3S. The molecule has 0 atom stereocenters. The fourth-order valence-corrected chi connectivity index (χ4v) is 4.36. The number of piperidine rings is 1. The molecule has 26 heavy (non-hydrogen) atoms. The number of carbonyl (C=O) groups is 1. The van der Waals surface area contributed by atoms with Gasteiger partial charge >= 0.3 is 0 Å². The van der Waals surface area contributed by atoms with Gasteiger partial charge in [-0.05, 0) is 50.6 Å². The molecule has 1 aromatic carbocycles. The summed E-state index contributed by atoms with van der Waals surface area (Å²) < 4.78 is 10.8. The number of benzene rings is 1. The second-order valence-corrected chi connectivity index (χ2v) is 7.61. The molecule has 1 amide bonds. The average molecular weight is 373 g/mol. The maximum Gasteiger partial charge on any atom is 0.265 e. The van der Waals surface area contributed by atoms with Crippen LogP contribution in [0.1, 0.15) is 35.9 Å². The minimum absolute atomic E-state index is 0.100. The zero-order chi connectivity index (χ0) is 17.9. The van der Waals surface area contributed by atoms with Crippen molar-refractivity contribution in [3.63, 3.8) is 0 Å². The van der Waals surface area contributed by atoms with Crippen molar-refractivity contribution in [1.29, 1.82) is 0 Å². The summed E-state index contributed by atoms with van der Waals surface area (Å²) in [5, 5.41) is 4.19. The summed E-state index contributed by atoms with van der Waals surface area (Å²) in [5.41, 5.74) is 0.946. The first kappa shape index (κ1) is 17.3. The number of fused-ring (bicyclic) bond motifs is 1. The van der Waals surface area contributed by atoms with E-state index in [2.05, 4.69) is 17.2 Å². The molecule has 2 aliphatic heterocycles. The van der Waals surface area contributed by atoms with E-state index in [1.807, 2.05) is 23.1 Å². The lowest BCUT2D eigenvalue weighted by atomic mass is 10.0. The minimum Gasteiger partial charge on any atom is -0.454 e. The fraction of sp³-hybridized carbons (Fsp3) is 0.474. The Morgan fingerprint density at radius 1 is 1.31 bits per heavy atom. The van der Waals surface area contributed by atoms with Crippen LogP contribution in [0.2, 0.25) is 0 Å². The lowest BCUT2D eigenvalue weighted by Crippen LogP contribution is -2.46. The van der Waals surface area contributed by atoms with Gasteiger partial charge in [0, 0.05) is 18.2 Å². The van der Waals surface area contributed by atoms with Crippen LogP contribution < -0.4 is 14.8 Å². The molecular weight excluding hydrogens is 350 g/mol. The molecule has 138 valence electrons. The first-order valence-electron chi connectivity index (χ1n) is 9.14. The van der Waals surface area contributed by atoms with E-state index in [-0.39, 0.29) is 12.7 Å². The number of amides is 1. The number of carbonyl (C=O) groups excluding carboxylic acids is 1. The summed E-state index contributed by atoms with van der Waals surface area (Å²) in [6.45, 7) is 5.11. The van der Waals surface area contributed by atoms with Crippen molar-refractivity contribution >= 4 is 17.2 Å². The van der Waals surface area contributed by atoms with Crippen LogP contribution in [0.5, 0.6) is 11.5 Å². The quantitative estimate of drug-likeness (QED) is 0.872. The molecule has 1 N–H and O–H groups in total. The Morgan fingerprint density at radius 3 is 2.92 bits per heavy atom. The zero-order valence-electron chi connectivity index (χ0n) is 14.9. The van der Waals surface area contributed by atoms with Gasteiger partial charge in [-0.25, -0.2) is 4.98 Å². The third-order valence-corrected chi connectivity index (χ3v) is 5.85. The molecule has 4 rings (SSSR count). The van der Waals surface area contributed by atoms with Crippen LogP contribution in [-0.4, -0.2) is 48.3 Å². The topological polar surface area (TPSA) is 63.7 Å². The molecule has 3 heterocycles. The molecule has 0 bridgehead atoms. The molecule has 0 saturated carbocycles. The van der Waals surface area contributed by atoms with Gasteiger partial charge in [-0.15, -0.1) is 11.3 Å². The summed E-state index contributed by atoms with van der Waals surface area (Å²) in [6.07, 6.45) is 4.69. The first-order chi connectivity index (χ1) is 12.8. The minimum atomic E-state index is 0.100. The number of thiazole rings is 1. The summed E-state index contributed by atoms with van der Waals surface area (Å²) >= 11 is 1.44. The highest BCUT2D eigenvalue weighted by Crippen LogP contribution is 2.37. The summed E-state index contributed by atoms with van der Waals surface area (Å²) in [5.74, 6) is 1.58. The van der Waals surface area contributed by atoms with Crippen LogP contribution >= 0.6 is 11.3 Å². The molecule has 7 heteroatoms. The number of hydrogen-bond donors (Lipinski definition) is 1. The summed E-state index contributed by atoms with van der Waals surface area (Å²) in [7, 11) is 0. The number of aromatic nitrogens is 1. The molecule has 2 aliphatic rings. The lowest BCUT2D eigenvalue weighted by molar-refractivity contribution is 0.0647. The van der Waals surface area contributed by atoms with Gasteiger partial charge in [0.2, 0.25) is 6.79 Å². The Labute approximate surface area is 157 Å². The molecule has 6 nitrogen and oxygen atoms in total. The van der Waals surface area contributed by atoms with Gasteiger partial charge in [0.05, 0.1) is 6.20 Å². The number of nitrogens with zero attached hydrogens (tertiary/aromatic N) is 2. The van der Waals surface area contributed by atoms with Crippen LogP contribution in [-0.2, 0) is 0 Å². The third kappa shape index (κ3) is 3.41. The molecule has 1 fully saturated rings. The number of nitrogens with one attached hydrogen (secondary N) is 1. The first-order valence-corrected chi connectivity index (χ1v) is 9.95. The fourth-order valence-electron chi connectivity index (χ4n) is 3.49. The maximum atomic E-state index is 13.1. The number of rotatable bonds is 5. The van der Waals surface area contributed by atoms with Gasteiger partial charge < -0.3 is 19.7 Å². The van der Waals surface area contributed by atoms with Crippen LogP contribution in [0.25, 0.3) is 10.6 Å². The van der Waals surface area contributed by atoms with E-state index in [0.29, 0.717) is 10.9 Å². The Kier molecular flexibility index (Phi) is 5.08. The second-order valence-electron chi connectivity index (χ2n) is 6.58. The van der Waals surface area contributed by atoms with E-state index >= 15 is 0 Å². The molecule has 0 radical (unpaired) electrons. The third-order valence-electron chi connectivity index (χ3n) is 4.81. The van der Waals surface area contributed by atoms with Gasteiger partial charge in [0.25, 0.3) is 5.91 Å². The van der Waals surface area contributed by atoms with E-state index in [1.54, 1.807) is 6.20 Å². The monoisotopic (exact) mass is 373 g/mol. The number of ether oxygens (including phenoxy) is 2. The largest absolute Gasteiger partial charge is 0.454 e. The Bertz CT molecular complexity index is 786. The van der Waals surface area contributed by atoms with Crippen LogP contribution in [0, 0.1) is 0 Å². The van der Waals surface area contributed by atoms with Crippen LogP contribution in [0.15, 0.2) is 24.4 Å². The van der Waals surface area contributed by atoms with Crippen LogP contribution in [0.3, 0.4) is 0 Å². The molecule has 2 aromatic rings. The Balaban J connectivity index is 1.55. The maximum absolute atomic E-state index is 13.1. The van der Waals surface area contributed by atoms with Crippen molar-refractivity contribution in [3.05, 3.63) is 29.3 Å². The smallest absolute Gasteiger partial charge is 0.265 e. The molecule has 0 spiro atoms. The lowest BCUT2D eigenvalue weighted by Gasteiger charge is -2.34. The Hall–Kier alpha value is -2.12. The molecule has 0 aliphatic carbocycles. The van der Waals surface area contributed by atoms with E-state index in [9.17, 15) is 4.79 Å². The highest BCUT2D eigenvalue weighted by molar-refractivity contribution is 7.16. The normalized spacial score (nSPS) is 16.7. The van der Waals surface area contributed by atoms with E-state index in [1.165, 1.54) is 11.3 Å². The zero-order valence-corrected chi connectivity index (χ0v) is 15.7. The van der Waals surface area contributed by atoms with Crippen molar-refractivity contribution in [3.8, 4) is 22.1 Å². The molecule has 1 aromatic heterocycles. The van der Waals surface area contributed by atoms with Crippen molar-refractivity contribution in [1.82, 2.24) is 15.2 Å². The van der Waals surface area contributed by atoms with Crippen LogP contribution in [0.4, 0.5) is 0 Å². The predicted octanol–water partition coefficient (Wildman–Crippen LogP) is 3.14. The van der Waals surface area contributed by atoms with E-state index < -0.39 is 0 Å². The van der Waals surface area contributed by atoms with Gasteiger partial charge in [0.1, 0.15) is 9.88 Å². The van der Waals surface area contributed by atoms with E-state index in [4.69, 9.17) is 9.47 Å². The molecule has 0 unspecified atom stereocenters. The van der Waals surface area contributed by atoms with E-state index in [0.717, 1.165) is 61.0 Å². The SMILES string of the molecule is CCCN(C(=O)c1cnc(-c2ccc3c(c2)OCO3)s1)C1CCNCC1. The van der Waals surface area contributed by atoms with Crippen molar-refractivity contribution in [2.45, 2.75) is 32.2 Å². The van der Waals surface area contributed by atoms with Crippen molar-refractivity contribution in [2.24, 2.45) is 0 Å². The van der Waals surface area contributed by atoms with Gasteiger partial charge in [0.15, 0.2) is 11.5 Å². The van der Waals surface area contributed by atoms with Crippen molar-refractivity contribution in [2.75, 3.05) is 26.4 Å². The highest BCUT2D eigenvalue weighted by atomic mass is 32.1. The predicted molar refractivity (Wildman–Crippen MR) is 101 cm³/mol. The summed E-state index contributed by atoms with van der Waals surface area (Å²) in [4.78, 5) is 20.3. The second kappa shape index (κ2) is 7.63. The standard InChI is InChI=1S/C19H23N3O3S/c1-2-9-22(14-5-7-20-8-6-14)19(23)17-11-21-18(26-17)13-3-4-15-16(10-13)25-12-24-15/h3-4,10-11,14,20H,2,5-9,12H2,1H3. The van der Waals surface area contributed by atoms with Gasteiger partial charge in [-0.3, -0.25) is 4.79 Å². The van der Waals surface area contributed by atoms with Gasteiger partial charge in [-0.1, -0.05) is 6.92 Å².